The lowest BCUT2D eigenvalue weighted by molar-refractivity contribution is 0.369. The summed E-state index contributed by atoms with van der Waals surface area (Å²) in [6.45, 7) is 3.62. The molecule has 0 unspecified atom stereocenters. The Morgan fingerprint density at radius 3 is 3.33 bits per heavy atom. The van der Waals surface area contributed by atoms with Crippen molar-refractivity contribution in [2.24, 2.45) is 0 Å². The second-order valence-electron chi connectivity index (χ2n) is 2.65. The molecule has 0 radical (unpaired) electrons. The second-order valence-corrected chi connectivity index (χ2v) is 2.65. The molecule has 1 saturated heterocycles. The fourth-order valence-electron chi connectivity index (χ4n) is 1.51. The molecular weight excluding hydrogens is 112 g/mol. The van der Waals surface area contributed by atoms with Gasteiger partial charge in [-0.1, -0.05) is 0 Å². The zero-order valence-electron chi connectivity index (χ0n) is 5.56. The summed E-state index contributed by atoms with van der Waals surface area (Å²) in [6, 6.07) is 0. The van der Waals surface area contributed by atoms with Crippen LogP contribution in [-0.2, 0) is 0 Å². The third kappa shape index (κ3) is 0.784. The fourth-order valence-corrected chi connectivity index (χ4v) is 1.51. The Morgan fingerprint density at radius 2 is 2.44 bits per heavy atom. The van der Waals surface area contributed by atoms with E-state index in [0.717, 1.165) is 6.54 Å². The van der Waals surface area contributed by atoms with Crippen LogP contribution in [0.25, 0.3) is 0 Å². The van der Waals surface area contributed by atoms with Gasteiger partial charge in [0.1, 0.15) is 0 Å². The van der Waals surface area contributed by atoms with Gasteiger partial charge in [0.25, 0.3) is 0 Å². The summed E-state index contributed by atoms with van der Waals surface area (Å²) in [5.74, 6) is 1.38. The Bertz CT molecular complexity index is 140. The van der Waals surface area contributed by atoms with E-state index < -0.39 is 0 Å². The summed E-state index contributed by atoms with van der Waals surface area (Å²) >= 11 is 0. The number of allylic oxidation sites excluding steroid dienone is 1. The van der Waals surface area contributed by atoms with Gasteiger partial charge in [0.05, 0.1) is 5.82 Å². The predicted octanol–water partition coefficient (Wildman–Crippen LogP) is 0.527. The minimum atomic E-state index is 1.14. The maximum atomic E-state index is 3.35. The molecule has 50 valence electrons. The first-order valence-electron chi connectivity index (χ1n) is 3.66. The van der Waals surface area contributed by atoms with Gasteiger partial charge in [-0.05, 0) is 18.9 Å². The van der Waals surface area contributed by atoms with E-state index >= 15 is 0 Å². The van der Waals surface area contributed by atoms with E-state index in [1.165, 1.54) is 31.8 Å². The van der Waals surface area contributed by atoms with E-state index in [4.69, 9.17) is 0 Å². The van der Waals surface area contributed by atoms with Crippen LogP contribution in [0.5, 0.6) is 0 Å². The van der Waals surface area contributed by atoms with Gasteiger partial charge in [0, 0.05) is 19.6 Å². The summed E-state index contributed by atoms with van der Waals surface area (Å²) in [7, 11) is 0. The van der Waals surface area contributed by atoms with Crippen molar-refractivity contribution in [1.82, 2.24) is 10.2 Å². The number of nitrogens with zero attached hydrogens (tertiary/aromatic N) is 1. The molecule has 2 nitrogen and oxygen atoms in total. The van der Waals surface area contributed by atoms with Crippen molar-refractivity contribution in [3.63, 3.8) is 0 Å². The van der Waals surface area contributed by atoms with Crippen LogP contribution in [0.3, 0.4) is 0 Å². The summed E-state index contributed by atoms with van der Waals surface area (Å²) in [5, 5.41) is 3.35. The van der Waals surface area contributed by atoms with Crippen LogP contribution in [0.15, 0.2) is 11.9 Å². The van der Waals surface area contributed by atoms with Crippen molar-refractivity contribution < 1.29 is 0 Å². The molecule has 0 bridgehead atoms. The van der Waals surface area contributed by atoms with E-state index in [1.807, 2.05) is 0 Å². The first-order valence-corrected chi connectivity index (χ1v) is 3.66. The Labute approximate surface area is 55.5 Å². The van der Waals surface area contributed by atoms with Gasteiger partial charge in [0.15, 0.2) is 0 Å². The molecule has 0 atom stereocenters. The summed E-state index contributed by atoms with van der Waals surface area (Å²) in [4.78, 5) is 2.42. The lowest BCUT2D eigenvalue weighted by atomic mass is 10.2. The monoisotopic (exact) mass is 124 g/mol. The van der Waals surface area contributed by atoms with Crippen LogP contribution in [0, 0.1) is 0 Å². The maximum Gasteiger partial charge on any atom is 0.0972 e. The number of hydrogen-bond acceptors (Lipinski definition) is 2. The molecule has 2 rings (SSSR count). The zero-order valence-corrected chi connectivity index (χ0v) is 5.56. The van der Waals surface area contributed by atoms with E-state index in [9.17, 15) is 0 Å². The van der Waals surface area contributed by atoms with Gasteiger partial charge in [-0.15, -0.1) is 0 Å². The van der Waals surface area contributed by atoms with Crippen LogP contribution in [0.1, 0.15) is 12.8 Å². The first-order chi connectivity index (χ1) is 4.47. The third-order valence-electron chi connectivity index (χ3n) is 2.00. The molecule has 0 spiro atoms. The lowest BCUT2D eigenvalue weighted by Gasteiger charge is -2.22. The van der Waals surface area contributed by atoms with Crippen molar-refractivity contribution >= 4 is 0 Å². The van der Waals surface area contributed by atoms with Crippen molar-refractivity contribution in [2.45, 2.75) is 12.8 Å². The summed E-state index contributed by atoms with van der Waals surface area (Å²) in [6.07, 6.45) is 4.90. The minimum Gasteiger partial charge on any atom is -0.370 e. The topological polar surface area (TPSA) is 15.3 Å². The average Bonchev–Trinajstić information content (AvgIpc) is 2.33. The molecule has 0 aromatic heterocycles. The van der Waals surface area contributed by atoms with E-state index in [1.54, 1.807) is 0 Å². The molecular formula is C7H12N2. The van der Waals surface area contributed by atoms with Crippen LogP contribution in [0.4, 0.5) is 0 Å². The van der Waals surface area contributed by atoms with Crippen LogP contribution in [-0.4, -0.2) is 24.5 Å². The Kier molecular flexibility index (Phi) is 1.11. The van der Waals surface area contributed by atoms with Crippen LogP contribution in [0.2, 0.25) is 0 Å². The average molecular weight is 124 g/mol. The van der Waals surface area contributed by atoms with Crippen molar-refractivity contribution in [3.8, 4) is 0 Å². The molecule has 1 fully saturated rings. The third-order valence-corrected chi connectivity index (χ3v) is 2.00. The molecule has 1 N–H and O–H groups in total. The van der Waals surface area contributed by atoms with Crippen molar-refractivity contribution in [3.05, 3.63) is 11.9 Å². The van der Waals surface area contributed by atoms with Gasteiger partial charge in [0.2, 0.25) is 0 Å². The molecule has 2 aliphatic heterocycles. The van der Waals surface area contributed by atoms with Gasteiger partial charge in [-0.25, -0.2) is 0 Å². The highest BCUT2D eigenvalue weighted by Gasteiger charge is 2.17. The Balaban J connectivity index is 2.16. The lowest BCUT2D eigenvalue weighted by Crippen LogP contribution is -2.24. The summed E-state index contributed by atoms with van der Waals surface area (Å²) in [5.41, 5.74) is 0. The second kappa shape index (κ2) is 1.94. The van der Waals surface area contributed by atoms with Gasteiger partial charge < -0.3 is 10.2 Å². The Morgan fingerprint density at radius 1 is 1.44 bits per heavy atom. The molecule has 0 aromatic carbocycles. The van der Waals surface area contributed by atoms with Crippen molar-refractivity contribution in [2.75, 3.05) is 19.6 Å². The van der Waals surface area contributed by atoms with Crippen molar-refractivity contribution in [1.29, 1.82) is 0 Å². The standard InChI is InChI=1S/C7H12N2/c1-2-5-9-6-4-8-7(9)3-1/h3,8H,1-2,4-6H2. The number of nitrogens with one attached hydrogen (secondary N) is 1. The molecule has 2 aliphatic rings. The molecule has 0 saturated carbocycles. The number of rotatable bonds is 0. The first kappa shape index (κ1) is 5.15. The summed E-state index contributed by atoms with van der Waals surface area (Å²) < 4.78 is 0. The maximum absolute atomic E-state index is 3.35. The highest BCUT2D eigenvalue weighted by atomic mass is 15.3. The number of fused-ring (bicyclic) bond motifs is 1. The normalized spacial score (nSPS) is 24.9. The van der Waals surface area contributed by atoms with Crippen LogP contribution < -0.4 is 5.32 Å². The molecule has 2 heteroatoms. The van der Waals surface area contributed by atoms with Crippen LogP contribution >= 0.6 is 0 Å². The molecule has 0 aliphatic carbocycles. The highest BCUT2D eigenvalue weighted by Crippen LogP contribution is 2.14. The van der Waals surface area contributed by atoms with E-state index in [-0.39, 0.29) is 0 Å². The quantitative estimate of drug-likeness (QED) is 0.506. The van der Waals surface area contributed by atoms with Gasteiger partial charge >= 0.3 is 0 Å². The fraction of sp³-hybridized carbons (Fsp3) is 0.714. The van der Waals surface area contributed by atoms with Gasteiger partial charge in [-0.2, -0.15) is 0 Å². The molecule has 2 heterocycles. The molecule has 9 heavy (non-hydrogen) atoms. The largest absolute Gasteiger partial charge is 0.370 e. The Hall–Kier alpha value is -0.660. The minimum absolute atomic E-state index is 1.14. The molecule has 0 amide bonds. The number of hydrogen-bond donors (Lipinski definition) is 1. The predicted molar refractivity (Wildman–Crippen MR) is 36.9 cm³/mol. The van der Waals surface area contributed by atoms with E-state index in [2.05, 4.69) is 16.3 Å². The smallest absolute Gasteiger partial charge is 0.0972 e. The van der Waals surface area contributed by atoms with E-state index in [0.29, 0.717) is 0 Å². The SMILES string of the molecule is C1=C2NCCN2CCC1. The highest BCUT2D eigenvalue weighted by molar-refractivity contribution is 5.06. The zero-order chi connectivity index (χ0) is 6.10. The van der Waals surface area contributed by atoms with Gasteiger partial charge in [-0.3, -0.25) is 0 Å². The molecule has 0 aromatic rings.